The fourth-order valence-electron chi connectivity index (χ4n) is 1.87. The lowest BCUT2D eigenvalue weighted by Gasteiger charge is -2.13. The van der Waals surface area contributed by atoms with Crippen molar-refractivity contribution in [1.29, 1.82) is 0 Å². The lowest BCUT2D eigenvalue weighted by atomic mass is 10.2. The van der Waals surface area contributed by atoms with Gasteiger partial charge in [0.15, 0.2) is 5.75 Å². The van der Waals surface area contributed by atoms with Crippen LogP contribution in [0.3, 0.4) is 0 Å². The molecule has 0 atom stereocenters. The van der Waals surface area contributed by atoms with Gasteiger partial charge in [-0.1, -0.05) is 20.3 Å². The summed E-state index contributed by atoms with van der Waals surface area (Å²) in [7, 11) is 0. The molecule has 1 heterocycles. The van der Waals surface area contributed by atoms with E-state index in [1.54, 1.807) is 6.20 Å². The first-order valence-electron chi connectivity index (χ1n) is 6.69. The van der Waals surface area contributed by atoms with E-state index < -0.39 is 0 Å². The Labute approximate surface area is 108 Å². The Morgan fingerprint density at radius 3 is 2.67 bits per heavy atom. The molecule has 0 amide bonds. The van der Waals surface area contributed by atoms with Gasteiger partial charge in [-0.25, -0.2) is 0 Å². The molecule has 0 aliphatic heterocycles. The average Bonchev–Trinajstić information content (AvgIpc) is 2.38. The highest BCUT2D eigenvalue weighted by molar-refractivity contribution is 5.26. The standard InChI is InChI=1S/C14H23NO3/c1-3-5-10-18-11-6-8-15-9-7-13(16)14(17)12(15)4-2/h7,9,17H,3-6,8,10-11H2,1-2H3. The van der Waals surface area contributed by atoms with Crippen LogP contribution in [0, 0.1) is 0 Å². The molecule has 1 N–H and O–H groups in total. The molecular weight excluding hydrogens is 230 g/mol. The van der Waals surface area contributed by atoms with Gasteiger partial charge in [0.1, 0.15) is 0 Å². The highest BCUT2D eigenvalue weighted by Crippen LogP contribution is 2.12. The normalized spacial score (nSPS) is 10.8. The first kappa shape index (κ1) is 14.8. The van der Waals surface area contributed by atoms with Crippen LogP contribution in [0.4, 0.5) is 0 Å². The van der Waals surface area contributed by atoms with Crippen molar-refractivity contribution in [3.8, 4) is 5.75 Å². The summed E-state index contributed by atoms with van der Waals surface area (Å²) in [6.07, 6.45) is 5.52. The number of aromatic nitrogens is 1. The van der Waals surface area contributed by atoms with Crippen LogP contribution in [0.15, 0.2) is 17.1 Å². The Morgan fingerprint density at radius 1 is 1.28 bits per heavy atom. The van der Waals surface area contributed by atoms with Crippen LogP contribution in [0.25, 0.3) is 0 Å². The van der Waals surface area contributed by atoms with Crippen molar-refractivity contribution in [2.45, 2.75) is 46.1 Å². The molecule has 1 aromatic heterocycles. The van der Waals surface area contributed by atoms with Gasteiger partial charge < -0.3 is 14.4 Å². The monoisotopic (exact) mass is 253 g/mol. The van der Waals surface area contributed by atoms with Crippen molar-refractivity contribution in [2.24, 2.45) is 0 Å². The van der Waals surface area contributed by atoms with E-state index in [9.17, 15) is 9.90 Å². The van der Waals surface area contributed by atoms with Gasteiger partial charge in [-0.15, -0.1) is 0 Å². The van der Waals surface area contributed by atoms with E-state index in [2.05, 4.69) is 6.92 Å². The van der Waals surface area contributed by atoms with Crippen LogP contribution in [0.2, 0.25) is 0 Å². The third-order valence-corrected chi connectivity index (χ3v) is 2.92. The van der Waals surface area contributed by atoms with Crippen LogP contribution >= 0.6 is 0 Å². The number of nitrogens with zero attached hydrogens (tertiary/aromatic N) is 1. The Morgan fingerprint density at radius 2 is 2.00 bits per heavy atom. The fourth-order valence-corrected chi connectivity index (χ4v) is 1.87. The lowest BCUT2D eigenvalue weighted by Crippen LogP contribution is -2.13. The van der Waals surface area contributed by atoms with Crippen LogP contribution in [-0.4, -0.2) is 22.9 Å². The first-order valence-corrected chi connectivity index (χ1v) is 6.69. The van der Waals surface area contributed by atoms with Crippen molar-refractivity contribution >= 4 is 0 Å². The number of rotatable bonds is 8. The highest BCUT2D eigenvalue weighted by atomic mass is 16.5. The number of pyridine rings is 1. The zero-order valence-corrected chi connectivity index (χ0v) is 11.3. The summed E-state index contributed by atoms with van der Waals surface area (Å²) in [6, 6.07) is 1.41. The Bertz CT molecular complexity index is 412. The van der Waals surface area contributed by atoms with Gasteiger partial charge in [0.05, 0.1) is 5.69 Å². The molecule has 0 spiro atoms. The number of unbranched alkanes of at least 4 members (excludes halogenated alkanes) is 1. The van der Waals surface area contributed by atoms with Crippen molar-refractivity contribution in [3.63, 3.8) is 0 Å². The molecule has 102 valence electrons. The molecule has 1 rings (SSSR count). The molecule has 0 aliphatic carbocycles. The molecular formula is C14H23NO3. The Hall–Kier alpha value is -1.29. The molecule has 1 aromatic rings. The van der Waals surface area contributed by atoms with Crippen molar-refractivity contribution < 1.29 is 9.84 Å². The molecule has 0 saturated heterocycles. The van der Waals surface area contributed by atoms with Gasteiger partial charge in [-0.05, 0) is 19.3 Å². The van der Waals surface area contributed by atoms with Crippen molar-refractivity contribution in [2.75, 3.05) is 13.2 Å². The summed E-state index contributed by atoms with van der Waals surface area (Å²) >= 11 is 0. The molecule has 0 unspecified atom stereocenters. The number of hydrogen-bond donors (Lipinski definition) is 1. The van der Waals surface area contributed by atoms with Gasteiger partial charge in [0.25, 0.3) is 0 Å². The van der Waals surface area contributed by atoms with Crippen LogP contribution in [-0.2, 0) is 17.7 Å². The van der Waals surface area contributed by atoms with Crippen molar-refractivity contribution in [3.05, 3.63) is 28.2 Å². The molecule has 0 fully saturated rings. The number of ether oxygens (including phenoxy) is 1. The zero-order valence-electron chi connectivity index (χ0n) is 11.3. The van der Waals surface area contributed by atoms with E-state index in [-0.39, 0.29) is 11.2 Å². The number of aryl methyl sites for hydroxylation is 1. The third-order valence-electron chi connectivity index (χ3n) is 2.92. The summed E-state index contributed by atoms with van der Waals surface area (Å²) in [5.74, 6) is -0.119. The maximum Gasteiger partial charge on any atom is 0.223 e. The predicted molar refractivity (Wildman–Crippen MR) is 72.1 cm³/mol. The van der Waals surface area contributed by atoms with E-state index in [1.165, 1.54) is 6.07 Å². The topological polar surface area (TPSA) is 51.5 Å². The Kier molecular flexibility index (Phi) is 6.50. The van der Waals surface area contributed by atoms with Gasteiger partial charge in [-0.3, -0.25) is 4.79 Å². The van der Waals surface area contributed by atoms with E-state index in [0.717, 1.165) is 39.0 Å². The quantitative estimate of drug-likeness (QED) is 0.723. The first-order chi connectivity index (χ1) is 8.70. The average molecular weight is 253 g/mol. The minimum absolute atomic E-state index is 0.119. The largest absolute Gasteiger partial charge is 0.503 e. The molecule has 0 saturated carbocycles. The summed E-state index contributed by atoms with van der Waals surface area (Å²) in [5, 5.41) is 9.69. The third kappa shape index (κ3) is 4.18. The smallest absolute Gasteiger partial charge is 0.223 e. The fraction of sp³-hybridized carbons (Fsp3) is 0.643. The van der Waals surface area contributed by atoms with Gasteiger partial charge in [0, 0.05) is 32.0 Å². The molecule has 4 heteroatoms. The second kappa shape index (κ2) is 7.93. The molecule has 0 aromatic carbocycles. The predicted octanol–water partition coefficient (Wildman–Crippen LogP) is 2.32. The van der Waals surface area contributed by atoms with E-state index in [4.69, 9.17) is 4.74 Å². The zero-order chi connectivity index (χ0) is 13.4. The van der Waals surface area contributed by atoms with Gasteiger partial charge in [-0.2, -0.15) is 0 Å². The molecule has 0 radical (unpaired) electrons. The molecule has 0 aliphatic rings. The maximum absolute atomic E-state index is 11.3. The van der Waals surface area contributed by atoms with Crippen LogP contribution in [0.1, 0.15) is 38.8 Å². The van der Waals surface area contributed by atoms with E-state index in [1.807, 2.05) is 11.5 Å². The molecule has 18 heavy (non-hydrogen) atoms. The van der Waals surface area contributed by atoms with Crippen molar-refractivity contribution in [1.82, 2.24) is 4.57 Å². The summed E-state index contributed by atoms with van der Waals surface area (Å²) < 4.78 is 7.42. The van der Waals surface area contributed by atoms with Gasteiger partial charge >= 0.3 is 0 Å². The van der Waals surface area contributed by atoms with Crippen LogP contribution < -0.4 is 5.43 Å². The summed E-state index contributed by atoms with van der Waals surface area (Å²) in [5.41, 5.74) is 0.401. The minimum atomic E-state index is -0.303. The maximum atomic E-state index is 11.3. The molecule has 4 nitrogen and oxygen atoms in total. The van der Waals surface area contributed by atoms with E-state index >= 15 is 0 Å². The molecule has 0 bridgehead atoms. The second-order valence-electron chi connectivity index (χ2n) is 4.34. The van der Waals surface area contributed by atoms with Gasteiger partial charge in [0.2, 0.25) is 5.43 Å². The second-order valence-corrected chi connectivity index (χ2v) is 4.34. The Balaban J connectivity index is 2.47. The lowest BCUT2D eigenvalue weighted by molar-refractivity contribution is 0.125. The van der Waals surface area contributed by atoms with Crippen LogP contribution in [0.5, 0.6) is 5.75 Å². The number of hydrogen-bond acceptors (Lipinski definition) is 3. The SMILES string of the molecule is CCCCOCCCn1ccc(=O)c(O)c1CC. The minimum Gasteiger partial charge on any atom is -0.503 e. The number of aromatic hydroxyl groups is 1. The summed E-state index contributed by atoms with van der Waals surface area (Å²) in [6.45, 7) is 6.37. The highest BCUT2D eigenvalue weighted by Gasteiger charge is 2.07. The van der Waals surface area contributed by atoms with E-state index in [0.29, 0.717) is 12.1 Å². The summed E-state index contributed by atoms with van der Waals surface area (Å²) in [4.78, 5) is 11.3.